The molecule has 96 valence electrons. The molecule has 0 aliphatic rings. The molecular weight excluding hydrogens is 278 g/mol. The Balaban J connectivity index is 2.58. The van der Waals surface area contributed by atoms with E-state index in [1.165, 1.54) is 5.56 Å². The molecule has 3 heteroatoms. The van der Waals surface area contributed by atoms with E-state index in [1.807, 2.05) is 12.1 Å². The van der Waals surface area contributed by atoms with Crippen molar-refractivity contribution >= 4 is 15.9 Å². The third-order valence-corrected chi connectivity index (χ3v) is 3.91. The second-order valence-electron chi connectivity index (χ2n) is 4.98. The molecule has 0 amide bonds. The first-order valence-electron chi connectivity index (χ1n) is 6.10. The standard InChI is InChI=1S/C14H22BrNO/c1-4-14(3,10-17)9-16-11(2)12-6-5-7-13(15)8-12/h5-8,11,16-17H,4,9-10H2,1-3H3. The number of benzene rings is 1. The molecule has 0 aliphatic carbocycles. The summed E-state index contributed by atoms with van der Waals surface area (Å²) >= 11 is 3.48. The predicted octanol–water partition coefficient (Wildman–Crippen LogP) is 3.51. The van der Waals surface area contributed by atoms with Gasteiger partial charge in [0.25, 0.3) is 0 Å². The summed E-state index contributed by atoms with van der Waals surface area (Å²) in [5.74, 6) is 0. The van der Waals surface area contributed by atoms with Crippen LogP contribution in [0.4, 0.5) is 0 Å². The minimum atomic E-state index is -0.0275. The van der Waals surface area contributed by atoms with Crippen molar-refractivity contribution in [2.24, 2.45) is 5.41 Å². The van der Waals surface area contributed by atoms with Gasteiger partial charge >= 0.3 is 0 Å². The van der Waals surface area contributed by atoms with Crippen LogP contribution in [0, 0.1) is 5.41 Å². The van der Waals surface area contributed by atoms with Crippen LogP contribution in [0.1, 0.15) is 38.8 Å². The largest absolute Gasteiger partial charge is 0.396 e. The van der Waals surface area contributed by atoms with E-state index in [2.05, 4.69) is 54.2 Å². The number of halogens is 1. The third-order valence-electron chi connectivity index (χ3n) is 3.42. The lowest BCUT2D eigenvalue weighted by Gasteiger charge is -2.28. The van der Waals surface area contributed by atoms with Crippen LogP contribution in [0.25, 0.3) is 0 Å². The fourth-order valence-corrected chi connectivity index (χ4v) is 2.00. The van der Waals surface area contributed by atoms with Gasteiger partial charge in [0.05, 0.1) is 0 Å². The maximum atomic E-state index is 9.37. The lowest BCUT2D eigenvalue weighted by Crippen LogP contribution is -2.35. The summed E-state index contributed by atoms with van der Waals surface area (Å²) in [7, 11) is 0. The Morgan fingerprint density at radius 2 is 2.18 bits per heavy atom. The third kappa shape index (κ3) is 4.41. The number of aliphatic hydroxyl groups is 1. The first kappa shape index (κ1) is 14.7. The molecule has 2 unspecified atom stereocenters. The molecule has 0 aliphatic heterocycles. The highest BCUT2D eigenvalue weighted by atomic mass is 79.9. The van der Waals surface area contributed by atoms with Gasteiger partial charge in [-0.05, 0) is 31.0 Å². The second-order valence-corrected chi connectivity index (χ2v) is 5.90. The topological polar surface area (TPSA) is 32.3 Å². The Bertz CT molecular complexity index is 350. The Kier molecular flexibility index (Phi) is 5.63. The van der Waals surface area contributed by atoms with E-state index in [0.717, 1.165) is 17.4 Å². The first-order valence-corrected chi connectivity index (χ1v) is 6.90. The second kappa shape index (κ2) is 6.53. The average Bonchev–Trinajstić information content (AvgIpc) is 2.35. The molecule has 0 heterocycles. The maximum absolute atomic E-state index is 9.37. The van der Waals surface area contributed by atoms with Crippen molar-refractivity contribution in [2.75, 3.05) is 13.2 Å². The van der Waals surface area contributed by atoms with Crippen LogP contribution in [-0.2, 0) is 0 Å². The minimum absolute atomic E-state index is 0.0275. The van der Waals surface area contributed by atoms with Gasteiger partial charge in [0, 0.05) is 29.1 Å². The van der Waals surface area contributed by atoms with Gasteiger partial charge in [0.1, 0.15) is 0 Å². The van der Waals surface area contributed by atoms with Crippen LogP contribution in [0.3, 0.4) is 0 Å². The number of hydrogen-bond donors (Lipinski definition) is 2. The highest BCUT2D eigenvalue weighted by molar-refractivity contribution is 9.10. The van der Waals surface area contributed by atoms with Gasteiger partial charge in [-0.2, -0.15) is 0 Å². The summed E-state index contributed by atoms with van der Waals surface area (Å²) in [5, 5.41) is 12.9. The highest BCUT2D eigenvalue weighted by Gasteiger charge is 2.21. The monoisotopic (exact) mass is 299 g/mol. The SMILES string of the molecule is CCC(C)(CO)CNC(C)c1cccc(Br)c1. The minimum Gasteiger partial charge on any atom is -0.396 e. The van der Waals surface area contributed by atoms with Crippen molar-refractivity contribution in [3.63, 3.8) is 0 Å². The van der Waals surface area contributed by atoms with Gasteiger partial charge < -0.3 is 10.4 Å². The summed E-state index contributed by atoms with van der Waals surface area (Å²) in [6.07, 6.45) is 0.974. The molecular formula is C14H22BrNO. The van der Waals surface area contributed by atoms with E-state index in [-0.39, 0.29) is 12.0 Å². The number of aliphatic hydroxyl groups excluding tert-OH is 1. The van der Waals surface area contributed by atoms with E-state index in [0.29, 0.717) is 6.04 Å². The smallest absolute Gasteiger partial charge is 0.0496 e. The zero-order valence-electron chi connectivity index (χ0n) is 10.8. The molecule has 0 fully saturated rings. The van der Waals surface area contributed by atoms with E-state index in [4.69, 9.17) is 0 Å². The zero-order chi connectivity index (χ0) is 12.9. The fraction of sp³-hybridized carbons (Fsp3) is 0.571. The van der Waals surface area contributed by atoms with Crippen molar-refractivity contribution < 1.29 is 5.11 Å². The summed E-state index contributed by atoms with van der Waals surface area (Å²) in [5.41, 5.74) is 1.23. The van der Waals surface area contributed by atoms with E-state index in [9.17, 15) is 5.11 Å². The Hall–Kier alpha value is -0.380. The van der Waals surface area contributed by atoms with Gasteiger partial charge in [-0.25, -0.2) is 0 Å². The molecule has 2 N–H and O–H groups in total. The Morgan fingerprint density at radius 3 is 2.71 bits per heavy atom. The van der Waals surface area contributed by atoms with Gasteiger partial charge in [0.15, 0.2) is 0 Å². The van der Waals surface area contributed by atoms with Crippen LogP contribution < -0.4 is 5.32 Å². The normalized spacial score (nSPS) is 16.5. The van der Waals surface area contributed by atoms with E-state index < -0.39 is 0 Å². The van der Waals surface area contributed by atoms with Crippen LogP contribution >= 0.6 is 15.9 Å². The van der Waals surface area contributed by atoms with Gasteiger partial charge in [-0.15, -0.1) is 0 Å². The average molecular weight is 300 g/mol. The van der Waals surface area contributed by atoms with Crippen LogP contribution in [0.2, 0.25) is 0 Å². The zero-order valence-corrected chi connectivity index (χ0v) is 12.4. The predicted molar refractivity (Wildman–Crippen MR) is 76.0 cm³/mol. The molecule has 2 nitrogen and oxygen atoms in total. The van der Waals surface area contributed by atoms with Crippen LogP contribution in [0.15, 0.2) is 28.7 Å². The molecule has 0 spiro atoms. The van der Waals surface area contributed by atoms with Crippen molar-refractivity contribution in [2.45, 2.75) is 33.2 Å². The van der Waals surface area contributed by atoms with E-state index >= 15 is 0 Å². The maximum Gasteiger partial charge on any atom is 0.0496 e. The molecule has 2 atom stereocenters. The molecule has 1 aromatic carbocycles. The molecule has 0 saturated carbocycles. The number of hydrogen-bond acceptors (Lipinski definition) is 2. The molecule has 0 bridgehead atoms. The van der Waals surface area contributed by atoms with Gasteiger partial charge in [-0.1, -0.05) is 41.9 Å². The van der Waals surface area contributed by atoms with E-state index in [1.54, 1.807) is 0 Å². The molecule has 1 rings (SSSR count). The van der Waals surface area contributed by atoms with Crippen molar-refractivity contribution in [1.82, 2.24) is 5.32 Å². The van der Waals surface area contributed by atoms with Crippen LogP contribution in [0.5, 0.6) is 0 Å². The van der Waals surface area contributed by atoms with Crippen molar-refractivity contribution in [3.8, 4) is 0 Å². The Morgan fingerprint density at radius 1 is 1.47 bits per heavy atom. The molecule has 0 saturated heterocycles. The summed E-state index contributed by atoms with van der Waals surface area (Å²) < 4.78 is 1.10. The molecule has 1 aromatic rings. The lowest BCUT2D eigenvalue weighted by atomic mass is 9.88. The fourth-order valence-electron chi connectivity index (χ4n) is 1.59. The van der Waals surface area contributed by atoms with Crippen molar-refractivity contribution in [1.29, 1.82) is 0 Å². The number of nitrogens with one attached hydrogen (secondary N) is 1. The first-order chi connectivity index (χ1) is 8.00. The molecule has 17 heavy (non-hydrogen) atoms. The van der Waals surface area contributed by atoms with Gasteiger partial charge in [-0.3, -0.25) is 0 Å². The van der Waals surface area contributed by atoms with Crippen LogP contribution in [-0.4, -0.2) is 18.3 Å². The highest BCUT2D eigenvalue weighted by Crippen LogP contribution is 2.22. The Labute approximate surface area is 113 Å². The lowest BCUT2D eigenvalue weighted by molar-refractivity contribution is 0.132. The summed E-state index contributed by atoms with van der Waals surface area (Å²) in [4.78, 5) is 0. The number of rotatable bonds is 6. The summed E-state index contributed by atoms with van der Waals surface area (Å²) in [6, 6.07) is 8.61. The summed E-state index contributed by atoms with van der Waals surface area (Å²) in [6.45, 7) is 7.42. The molecule has 0 radical (unpaired) electrons. The quantitative estimate of drug-likeness (QED) is 0.842. The van der Waals surface area contributed by atoms with Crippen molar-refractivity contribution in [3.05, 3.63) is 34.3 Å². The van der Waals surface area contributed by atoms with Gasteiger partial charge in [0.2, 0.25) is 0 Å². The molecule has 0 aromatic heterocycles.